The van der Waals surface area contributed by atoms with E-state index in [9.17, 15) is 4.79 Å². The number of carbonyl (C=O) groups is 1. The molecule has 5 rings (SSSR count). The maximum Gasteiger partial charge on any atom is 0.254 e. The van der Waals surface area contributed by atoms with Crippen LogP contribution in [0.3, 0.4) is 0 Å². The molecule has 1 aromatic heterocycles. The number of nitrogens with zero attached hydrogens (tertiary/aromatic N) is 4. The number of amides is 1. The Bertz CT molecular complexity index is 1170. The summed E-state index contributed by atoms with van der Waals surface area (Å²) in [7, 11) is 0. The average Bonchev–Trinajstić information content (AvgIpc) is 2.85. The van der Waals surface area contributed by atoms with Crippen molar-refractivity contribution in [2.45, 2.75) is 46.1 Å². The number of ether oxygens (including phenoxy) is 1. The number of benzene rings is 2. The molecule has 170 valence electrons. The number of aryl methyl sites for hydroxylation is 2. The minimum absolute atomic E-state index is 0.0423. The Kier molecular flexibility index (Phi) is 5.99. The minimum Gasteiger partial charge on any atom is -0.438 e. The summed E-state index contributed by atoms with van der Waals surface area (Å²) in [6.45, 7) is 7.04. The summed E-state index contributed by atoms with van der Waals surface area (Å²) in [6, 6.07) is 15.7. The van der Waals surface area contributed by atoms with Crippen LogP contribution in [0.4, 0.5) is 5.95 Å². The van der Waals surface area contributed by atoms with Gasteiger partial charge in [-0.2, -0.15) is 4.98 Å². The van der Waals surface area contributed by atoms with Crippen LogP contribution in [0.1, 0.15) is 52.0 Å². The second kappa shape index (κ2) is 9.22. The topological polar surface area (TPSA) is 58.6 Å². The van der Waals surface area contributed by atoms with Gasteiger partial charge in [0.25, 0.3) is 5.91 Å². The van der Waals surface area contributed by atoms with Crippen LogP contribution in [0.25, 0.3) is 0 Å². The number of hydrogen-bond donors (Lipinski definition) is 0. The number of anilines is 1. The Hall–Kier alpha value is -3.41. The highest BCUT2D eigenvalue weighted by Crippen LogP contribution is 2.33. The van der Waals surface area contributed by atoms with Crippen molar-refractivity contribution in [3.05, 3.63) is 76.5 Å². The smallest absolute Gasteiger partial charge is 0.254 e. The van der Waals surface area contributed by atoms with E-state index < -0.39 is 0 Å². The fraction of sp³-hybridized carbons (Fsp3) is 0.370. The predicted octanol–water partition coefficient (Wildman–Crippen LogP) is 5.07. The van der Waals surface area contributed by atoms with E-state index in [2.05, 4.69) is 4.90 Å². The van der Waals surface area contributed by atoms with Gasteiger partial charge in [0.1, 0.15) is 5.75 Å². The number of carbonyl (C=O) groups excluding carboxylic acids is 1. The van der Waals surface area contributed by atoms with Crippen LogP contribution < -0.4 is 9.64 Å². The van der Waals surface area contributed by atoms with E-state index in [0.29, 0.717) is 25.4 Å². The van der Waals surface area contributed by atoms with Gasteiger partial charge in [-0.15, -0.1) is 0 Å². The lowest BCUT2D eigenvalue weighted by atomic mass is 10.0. The molecule has 2 aromatic carbocycles. The Balaban J connectivity index is 1.50. The second-order valence-corrected chi connectivity index (χ2v) is 8.96. The zero-order chi connectivity index (χ0) is 22.8. The molecule has 3 heterocycles. The summed E-state index contributed by atoms with van der Waals surface area (Å²) in [4.78, 5) is 27.3. The zero-order valence-electron chi connectivity index (χ0n) is 19.4. The molecule has 33 heavy (non-hydrogen) atoms. The summed E-state index contributed by atoms with van der Waals surface area (Å²) in [5, 5.41) is 0. The highest BCUT2D eigenvalue weighted by molar-refractivity contribution is 5.95. The monoisotopic (exact) mass is 442 g/mol. The maximum atomic E-state index is 13.3. The average molecular weight is 443 g/mol. The molecular formula is C27H30N4O2. The molecule has 1 fully saturated rings. The summed E-state index contributed by atoms with van der Waals surface area (Å²) in [6.07, 6.45) is 4.27. The van der Waals surface area contributed by atoms with Crippen molar-refractivity contribution in [3.63, 3.8) is 0 Å². The number of rotatable bonds is 4. The van der Waals surface area contributed by atoms with E-state index in [-0.39, 0.29) is 5.91 Å². The molecule has 0 atom stereocenters. The highest BCUT2D eigenvalue weighted by Gasteiger charge is 2.29. The van der Waals surface area contributed by atoms with Crippen LogP contribution in [0.5, 0.6) is 11.6 Å². The molecule has 0 saturated carbocycles. The number of fused-ring (bicyclic) bond motifs is 1. The molecule has 3 aromatic rings. The summed E-state index contributed by atoms with van der Waals surface area (Å²) >= 11 is 0. The van der Waals surface area contributed by atoms with E-state index in [0.717, 1.165) is 65.6 Å². The molecule has 1 amide bonds. The summed E-state index contributed by atoms with van der Waals surface area (Å²) in [5.74, 6) is 2.14. The first-order valence-corrected chi connectivity index (χ1v) is 11.8. The van der Waals surface area contributed by atoms with Crippen molar-refractivity contribution in [2.75, 3.05) is 24.5 Å². The van der Waals surface area contributed by atoms with Crippen LogP contribution in [0.2, 0.25) is 0 Å². The van der Waals surface area contributed by atoms with E-state index in [1.807, 2.05) is 67.3 Å². The zero-order valence-corrected chi connectivity index (χ0v) is 19.4. The van der Waals surface area contributed by atoms with E-state index in [1.165, 1.54) is 6.42 Å². The first-order chi connectivity index (χ1) is 16.1. The molecule has 1 saturated heterocycles. The van der Waals surface area contributed by atoms with Crippen LogP contribution in [-0.4, -0.2) is 40.4 Å². The molecule has 2 aliphatic rings. The van der Waals surface area contributed by atoms with Crippen molar-refractivity contribution < 1.29 is 9.53 Å². The maximum absolute atomic E-state index is 13.3. The largest absolute Gasteiger partial charge is 0.438 e. The molecule has 0 unspecified atom stereocenters. The fourth-order valence-corrected chi connectivity index (χ4v) is 4.62. The van der Waals surface area contributed by atoms with Gasteiger partial charge in [0.2, 0.25) is 11.8 Å². The van der Waals surface area contributed by atoms with Gasteiger partial charge in [-0.3, -0.25) is 4.79 Å². The van der Waals surface area contributed by atoms with Gasteiger partial charge in [0, 0.05) is 31.6 Å². The first kappa shape index (κ1) is 21.4. The Labute approximate surface area is 195 Å². The van der Waals surface area contributed by atoms with E-state index in [4.69, 9.17) is 14.7 Å². The normalized spacial score (nSPS) is 15.8. The highest BCUT2D eigenvalue weighted by atomic mass is 16.5. The number of para-hydroxylation sites is 1. The first-order valence-electron chi connectivity index (χ1n) is 11.8. The minimum atomic E-state index is 0.0423. The standard InChI is InChI=1S/C27H30N4O2/c1-19-10-4-6-12-21(19)26(32)31-17-14-23-22(18-31)25(33-24-13-7-5-11-20(24)2)29-27(28-23)30-15-8-3-9-16-30/h4-7,10-13H,3,8-9,14-18H2,1-2H3. The van der Waals surface area contributed by atoms with Gasteiger partial charge in [0.05, 0.1) is 17.8 Å². The molecule has 0 radical (unpaired) electrons. The van der Waals surface area contributed by atoms with Gasteiger partial charge in [-0.1, -0.05) is 36.4 Å². The molecule has 2 aliphatic heterocycles. The van der Waals surface area contributed by atoms with Gasteiger partial charge in [0.15, 0.2) is 0 Å². The van der Waals surface area contributed by atoms with E-state index in [1.54, 1.807) is 0 Å². The molecule has 0 aliphatic carbocycles. The predicted molar refractivity (Wildman–Crippen MR) is 129 cm³/mol. The summed E-state index contributed by atoms with van der Waals surface area (Å²) in [5.41, 5.74) is 4.68. The molecule has 0 bridgehead atoms. The third-order valence-electron chi connectivity index (χ3n) is 6.61. The Morgan fingerprint density at radius 1 is 0.879 bits per heavy atom. The van der Waals surface area contributed by atoms with Crippen molar-refractivity contribution in [3.8, 4) is 11.6 Å². The van der Waals surface area contributed by atoms with Crippen molar-refractivity contribution >= 4 is 11.9 Å². The van der Waals surface area contributed by atoms with Gasteiger partial charge < -0.3 is 14.5 Å². The van der Waals surface area contributed by atoms with E-state index >= 15 is 0 Å². The van der Waals surface area contributed by atoms with Crippen LogP contribution in [0.15, 0.2) is 48.5 Å². The van der Waals surface area contributed by atoms with Crippen LogP contribution in [-0.2, 0) is 13.0 Å². The lowest BCUT2D eigenvalue weighted by Crippen LogP contribution is -2.38. The van der Waals surface area contributed by atoms with Crippen molar-refractivity contribution in [1.29, 1.82) is 0 Å². The number of piperidine rings is 1. The summed E-state index contributed by atoms with van der Waals surface area (Å²) < 4.78 is 6.38. The van der Waals surface area contributed by atoms with Crippen LogP contribution >= 0.6 is 0 Å². The second-order valence-electron chi connectivity index (χ2n) is 8.96. The van der Waals surface area contributed by atoms with Crippen molar-refractivity contribution in [1.82, 2.24) is 14.9 Å². The molecule has 6 heteroatoms. The molecule has 0 spiro atoms. The van der Waals surface area contributed by atoms with Gasteiger partial charge >= 0.3 is 0 Å². The van der Waals surface area contributed by atoms with Crippen LogP contribution in [0, 0.1) is 13.8 Å². The molecular weight excluding hydrogens is 412 g/mol. The quantitative estimate of drug-likeness (QED) is 0.564. The molecule has 6 nitrogen and oxygen atoms in total. The SMILES string of the molecule is Cc1ccccc1Oc1nc(N2CCCCC2)nc2c1CN(C(=O)c1ccccc1C)CC2. The lowest BCUT2D eigenvalue weighted by Gasteiger charge is -2.32. The van der Waals surface area contributed by atoms with Gasteiger partial charge in [-0.05, 0) is 56.4 Å². The number of hydrogen-bond acceptors (Lipinski definition) is 5. The van der Waals surface area contributed by atoms with Gasteiger partial charge in [-0.25, -0.2) is 4.98 Å². The lowest BCUT2D eigenvalue weighted by molar-refractivity contribution is 0.0731. The number of aromatic nitrogens is 2. The molecule has 0 N–H and O–H groups in total. The Morgan fingerprint density at radius 2 is 1.61 bits per heavy atom. The Morgan fingerprint density at radius 3 is 2.36 bits per heavy atom. The van der Waals surface area contributed by atoms with Crippen molar-refractivity contribution in [2.24, 2.45) is 0 Å². The third-order valence-corrected chi connectivity index (χ3v) is 6.61. The third kappa shape index (κ3) is 4.42. The fourth-order valence-electron chi connectivity index (χ4n) is 4.62.